The van der Waals surface area contributed by atoms with Crippen LogP contribution in [0.5, 0.6) is 0 Å². The number of H-pyrrole nitrogens is 2. The van der Waals surface area contributed by atoms with Gasteiger partial charge in [-0.25, -0.2) is 52.4 Å². The number of imidazole rings is 2. The Kier molecular flexibility index (Phi) is 20.5. The monoisotopic (exact) mass is 1220 g/mol. The third-order valence-corrected chi connectivity index (χ3v) is 13.8. The molecule has 22 nitrogen and oxygen atoms in total. The first kappa shape index (κ1) is 58.5. The van der Waals surface area contributed by atoms with Crippen molar-refractivity contribution >= 4 is 108 Å². The fourth-order valence-electron chi connectivity index (χ4n) is 8.61. The summed E-state index contributed by atoms with van der Waals surface area (Å²) in [6.45, 7) is 7.62. The van der Waals surface area contributed by atoms with Crippen molar-refractivity contribution < 1.29 is 27.9 Å². The number of aliphatic carboxylic acids is 1. The number of benzene rings is 3. The molecule has 29 heteroatoms. The predicted molar refractivity (Wildman–Crippen MR) is 305 cm³/mol. The standard InChI is InChI=1S/C20H19ClFN9O.C10H12ClFN2.C10H9N7O2.C6H3BrClF.C5H11N/c21-12-1-2-14(13(22)9-12)29-5-7-30(8-6-29)15(32)10-31-20-16(18(23)26-11-27-20)17(28-31)19-24-3-4-25-19;11-8-1-2-10(9(12)7-8)14-5-3-13-4-6-14;11-8-6-7(9-12-1-2-13-9)16-17(3-5(18)19)10(6)15-4-14-8;7-5-2-1-4(8)3-6(5)9;1-2-4-6-5-3-1/h1-4,9,11H,5-8,10H2,(H,24,25)(H2,23,26,27);1-2,7,13H,3-6H2;1-2,4H,3H2,(H,12,13)(H,18,19)(H2,11,14,15);1-3H;6H,1-5H2. The Balaban J connectivity index is 0.000000148. The van der Waals surface area contributed by atoms with E-state index in [0.717, 1.165) is 26.2 Å². The number of nitrogens with zero attached hydrogens (tertiary/aromatic N) is 13. The molecule has 3 saturated heterocycles. The third kappa shape index (κ3) is 15.2. The first-order chi connectivity index (χ1) is 38.6. The van der Waals surface area contributed by atoms with Crippen LogP contribution in [0.25, 0.3) is 45.1 Å². The normalized spacial score (nSPS) is 14.2. The van der Waals surface area contributed by atoms with Gasteiger partial charge in [-0.1, -0.05) is 41.2 Å². The van der Waals surface area contributed by atoms with Gasteiger partial charge in [0.05, 0.1) is 26.6 Å². The van der Waals surface area contributed by atoms with Crippen molar-refractivity contribution in [2.24, 2.45) is 0 Å². The van der Waals surface area contributed by atoms with Crippen LogP contribution < -0.4 is 31.9 Å². The Hall–Kier alpha value is -7.62. The van der Waals surface area contributed by atoms with Gasteiger partial charge in [0.1, 0.15) is 66.2 Å². The van der Waals surface area contributed by atoms with Crippen LogP contribution in [0.2, 0.25) is 15.1 Å². The number of piperidine rings is 1. The van der Waals surface area contributed by atoms with E-state index in [1.54, 1.807) is 66.1 Å². The van der Waals surface area contributed by atoms with Crippen molar-refractivity contribution in [1.29, 1.82) is 0 Å². The molecule has 3 fully saturated rings. The number of halogens is 7. The number of hydrogen-bond donors (Lipinski definition) is 7. The van der Waals surface area contributed by atoms with Gasteiger partial charge in [0, 0.05) is 92.2 Å². The summed E-state index contributed by atoms with van der Waals surface area (Å²) in [6, 6.07) is 13.9. The molecule has 0 radical (unpaired) electrons. The van der Waals surface area contributed by atoms with Crippen LogP contribution in [0.1, 0.15) is 19.3 Å². The van der Waals surface area contributed by atoms with Gasteiger partial charge in [-0.15, -0.1) is 0 Å². The zero-order valence-electron chi connectivity index (χ0n) is 42.6. The second-order valence-corrected chi connectivity index (χ2v) is 20.0. The molecule has 0 atom stereocenters. The van der Waals surface area contributed by atoms with E-state index in [0.29, 0.717) is 102 Å². The van der Waals surface area contributed by atoms with Gasteiger partial charge in [0.2, 0.25) is 5.91 Å². The number of nitrogens with two attached hydrogens (primary N) is 2. The molecule has 3 aliphatic heterocycles. The number of aromatic nitrogens is 12. The number of piperazine rings is 2. The number of amides is 1. The molecule has 0 saturated carbocycles. The molecule has 420 valence electrons. The molecule has 0 bridgehead atoms. The molecule has 9 N–H and O–H groups in total. The summed E-state index contributed by atoms with van der Waals surface area (Å²) in [6.07, 6.45) is 13.3. The minimum atomic E-state index is -1.02. The maximum atomic E-state index is 14.2. The molecule has 9 aromatic rings. The van der Waals surface area contributed by atoms with Crippen LogP contribution in [-0.2, 0) is 22.7 Å². The smallest absolute Gasteiger partial charge is 0.325 e. The van der Waals surface area contributed by atoms with Gasteiger partial charge in [-0.05, 0) is 96.5 Å². The molecular weight excluding hydrogens is 1170 g/mol. The van der Waals surface area contributed by atoms with Crippen molar-refractivity contribution in [2.75, 3.05) is 86.7 Å². The highest BCUT2D eigenvalue weighted by molar-refractivity contribution is 9.10. The van der Waals surface area contributed by atoms with Gasteiger partial charge < -0.3 is 51.9 Å². The number of carbonyl (C=O) groups is 2. The van der Waals surface area contributed by atoms with E-state index in [1.807, 2.05) is 9.80 Å². The van der Waals surface area contributed by atoms with Gasteiger partial charge >= 0.3 is 5.97 Å². The average Bonchev–Trinajstić information content (AvgIpc) is 4.43. The predicted octanol–water partition coefficient (Wildman–Crippen LogP) is 7.71. The Labute approximate surface area is 479 Å². The lowest BCUT2D eigenvalue weighted by molar-refractivity contribution is -0.138. The van der Waals surface area contributed by atoms with Crippen LogP contribution in [-0.4, -0.2) is 147 Å². The molecule has 9 heterocycles. The van der Waals surface area contributed by atoms with Crippen molar-refractivity contribution in [2.45, 2.75) is 32.4 Å². The number of rotatable bonds is 8. The summed E-state index contributed by atoms with van der Waals surface area (Å²) in [5.74, 6) is -0.588. The molecule has 1 amide bonds. The third-order valence-electron chi connectivity index (χ3n) is 12.5. The van der Waals surface area contributed by atoms with E-state index in [2.05, 4.69) is 76.6 Å². The van der Waals surface area contributed by atoms with Crippen molar-refractivity contribution in [3.05, 3.63) is 129 Å². The van der Waals surface area contributed by atoms with Crippen LogP contribution in [0.4, 0.5) is 36.2 Å². The zero-order chi connectivity index (χ0) is 56.7. The number of carbonyl (C=O) groups excluding carboxylic acids is 1. The van der Waals surface area contributed by atoms with Gasteiger partial charge in [0.25, 0.3) is 0 Å². The molecule has 3 aliphatic rings. The lowest BCUT2D eigenvalue weighted by Crippen LogP contribution is -2.49. The number of fused-ring (bicyclic) bond motifs is 2. The van der Waals surface area contributed by atoms with E-state index in [4.69, 9.17) is 51.4 Å². The largest absolute Gasteiger partial charge is 0.480 e. The van der Waals surface area contributed by atoms with E-state index >= 15 is 0 Å². The molecule has 6 aromatic heterocycles. The lowest BCUT2D eigenvalue weighted by Gasteiger charge is -2.36. The summed E-state index contributed by atoms with van der Waals surface area (Å²) in [5, 5.41) is 26.3. The molecule has 0 aliphatic carbocycles. The molecule has 12 rings (SSSR count). The highest BCUT2D eigenvalue weighted by Gasteiger charge is 2.26. The van der Waals surface area contributed by atoms with E-state index < -0.39 is 5.97 Å². The van der Waals surface area contributed by atoms with Gasteiger partial charge in [0.15, 0.2) is 22.9 Å². The number of nitrogens with one attached hydrogen (secondary N) is 4. The van der Waals surface area contributed by atoms with Crippen molar-refractivity contribution in [3.8, 4) is 23.0 Å². The highest BCUT2D eigenvalue weighted by Crippen LogP contribution is 2.30. The maximum Gasteiger partial charge on any atom is 0.325 e. The minimum Gasteiger partial charge on any atom is -0.480 e. The van der Waals surface area contributed by atoms with E-state index in [9.17, 15) is 22.8 Å². The van der Waals surface area contributed by atoms with Crippen LogP contribution in [0, 0.1) is 17.5 Å². The van der Waals surface area contributed by atoms with Gasteiger partial charge in [-0.2, -0.15) is 10.2 Å². The second kappa shape index (κ2) is 28.0. The Morgan fingerprint density at radius 1 is 0.588 bits per heavy atom. The minimum absolute atomic E-state index is 0.0109. The fourth-order valence-corrected chi connectivity index (χ4v) is 9.33. The summed E-state index contributed by atoms with van der Waals surface area (Å²) >= 11 is 20.0. The van der Waals surface area contributed by atoms with Crippen LogP contribution >= 0.6 is 50.7 Å². The Bertz CT molecular complexity index is 3490. The number of carboxylic acids is 1. The molecule has 0 spiro atoms. The first-order valence-corrected chi connectivity index (χ1v) is 26.9. The van der Waals surface area contributed by atoms with Crippen molar-refractivity contribution in [3.63, 3.8) is 0 Å². The molecule has 80 heavy (non-hydrogen) atoms. The number of nitrogen functional groups attached to an aromatic ring is 2. The Morgan fingerprint density at radius 3 is 1.46 bits per heavy atom. The molecular formula is C51H54BrCl3F3N19O3. The van der Waals surface area contributed by atoms with Crippen LogP contribution in [0.3, 0.4) is 0 Å². The number of carboxylic acid groups (broad SMARTS) is 1. The topological polar surface area (TPSA) is 285 Å². The first-order valence-electron chi connectivity index (χ1n) is 25.0. The summed E-state index contributed by atoms with van der Waals surface area (Å²) in [4.78, 5) is 59.9. The van der Waals surface area contributed by atoms with E-state index in [1.165, 1.54) is 72.6 Å². The van der Waals surface area contributed by atoms with Crippen LogP contribution in [0.15, 0.2) is 96.5 Å². The van der Waals surface area contributed by atoms with E-state index in [-0.39, 0.29) is 48.1 Å². The SMILES string of the molecule is C1CCNCC1.Fc1cc(Cl)ccc1Br.Fc1cc(Cl)ccc1N1CCNCC1.Nc1ncnc2c1c(-c1ncc[nH]1)nn2CC(=O)N1CCN(c2ccc(Cl)cc2F)CC1.Nc1ncnc2c1c(-c1ncc[nH]1)nn2CC(=O)O. The number of hydrogen-bond acceptors (Lipinski definition) is 16. The van der Waals surface area contributed by atoms with Gasteiger partial charge in [-0.3, -0.25) is 9.59 Å². The lowest BCUT2D eigenvalue weighted by atomic mass is 10.2. The highest BCUT2D eigenvalue weighted by atomic mass is 79.9. The number of anilines is 4. The average molecular weight is 1220 g/mol. The quantitative estimate of drug-likeness (QED) is 0.0717. The van der Waals surface area contributed by atoms with Crippen molar-refractivity contribution in [1.82, 2.24) is 75.0 Å². The summed E-state index contributed by atoms with van der Waals surface area (Å²) in [5.41, 5.74) is 14.7. The zero-order valence-corrected chi connectivity index (χ0v) is 46.5. The second-order valence-electron chi connectivity index (χ2n) is 17.9. The summed E-state index contributed by atoms with van der Waals surface area (Å²) < 4.78 is 43.4. The number of aromatic amines is 2. The molecule has 0 unspecified atom stereocenters. The molecule has 3 aromatic carbocycles. The summed E-state index contributed by atoms with van der Waals surface area (Å²) in [7, 11) is 0. The fraction of sp³-hybridized carbons (Fsp3) is 0.294. The maximum absolute atomic E-state index is 14.2. The Morgan fingerprint density at radius 2 is 1.05 bits per heavy atom.